The van der Waals surface area contributed by atoms with Crippen LogP contribution < -0.4 is 10.1 Å². The van der Waals surface area contributed by atoms with Gasteiger partial charge in [-0.25, -0.2) is 0 Å². The van der Waals surface area contributed by atoms with E-state index in [1.165, 1.54) is 18.2 Å². The summed E-state index contributed by atoms with van der Waals surface area (Å²) >= 11 is 0. The Morgan fingerprint density at radius 3 is 2.43 bits per heavy atom. The Balaban J connectivity index is 1.72. The number of amides is 1. The second kappa shape index (κ2) is 9.88. The van der Waals surface area contributed by atoms with E-state index in [2.05, 4.69) is 5.32 Å². The van der Waals surface area contributed by atoms with Crippen molar-refractivity contribution in [2.75, 3.05) is 13.2 Å². The second-order valence-electron chi connectivity index (χ2n) is 6.96. The fourth-order valence-electron chi connectivity index (χ4n) is 3.19. The molecule has 5 atom stereocenters. The molecule has 9 heteroatoms. The van der Waals surface area contributed by atoms with Crippen LogP contribution in [0.4, 0.5) is 0 Å². The number of phenolic OH excluding ortho intramolecular Hbond substituents is 1. The van der Waals surface area contributed by atoms with Crippen LogP contribution >= 0.6 is 0 Å². The Bertz CT molecular complexity index is 844. The highest BCUT2D eigenvalue weighted by atomic mass is 16.7. The standard InChI is InChI=1S/C21H25NO8/c23-11-15-17(25)18(26)19(27)21(30-15)29-14-8-4-7-13(24)16(14)20(28)22-10-9-12-5-2-1-3-6-12/h1-8,15,17-19,21,23-27H,9-11H2,(H,22,28)/t15-,17-,18+,19-,21-/m1/s1. The number of benzene rings is 2. The number of aliphatic hydroxyl groups is 4. The lowest BCUT2D eigenvalue weighted by Gasteiger charge is -2.39. The molecule has 1 saturated heterocycles. The molecule has 0 aromatic heterocycles. The highest BCUT2D eigenvalue weighted by Crippen LogP contribution is 2.31. The van der Waals surface area contributed by atoms with Crippen molar-refractivity contribution in [3.05, 3.63) is 59.7 Å². The van der Waals surface area contributed by atoms with Gasteiger partial charge in [-0.2, -0.15) is 0 Å². The van der Waals surface area contributed by atoms with Crippen molar-refractivity contribution < 1.29 is 39.8 Å². The number of carbonyl (C=O) groups excluding carboxylic acids is 1. The van der Waals surface area contributed by atoms with E-state index in [1.54, 1.807) is 0 Å². The lowest BCUT2D eigenvalue weighted by molar-refractivity contribution is -0.277. The van der Waals surface area contributed by atoms with Gasteiger partial charge in [0.1, 0.15) is 41.5 Å². The summed E-state index contributed by atoms with van der Waals surface area (Å²) in [6.07, 6.45) is -6.84. The highest BCUT2D eigenvalue weighted by molar-refractivity contribution is 5.99. The molecule has 1 heterocycles. The summed E-state index contributed by atoms with van der Waals surface area (Å²) in [4.78, 5) is 12.7. The minimum absolute atomic E-state index is 0.0865. The number of hydrogen-bond donors (Lipinski definition) is 6. The van der Waals surface area contributed by atoms with Crippen LogP contribution in [0.3, 0.4) is 0 Å². The van der Waals surface area contributed by atoms with E-state index in [4.69, 9.17) is 9.47 Å². The predicted octanol–water partition coefficient (Wildman–Crippen LogP) is -0.457. The van der Waals surface area contributed by atoms with E-state index >= 15 is 0 Å². The first-order chi connectivity index (χ1) is 14.4. The summed E-state index contributed by atoms with van der Waals surface area (Å²) in [6, 6.07) is 13.7. The van der Waals surface area contributed by atoms with Crippen molar-refractivity contribution in [1.29, 1.82) is 0 Å². The quantitative estimate of drug-likeness (QED) is 0.353. The summed E-state index contributed by atoms with van der Waals surface area (Å²) in [7, 11) is 0. The molecular weight excluding hydrogens is 394 g/mol. The Morgan fingerprint density at radius 1 is 1.00 bits per heavy atom. The normalized spacial score (nSPS) is 26.2. The Morgan fingerprint density at radius 2 is 1.73 bits per heavy atom. The molecule has 6 N–H and O–H groups in total. The van der Waals surface area contributed by atoms with Crippen LogP contribution in [-0.2, 0) is 11.2 Å². The zero-order valence-corrected chi connectivity index (χ0v) is 16.1. The van der Waals surface area contributed by atoms with E-state index in [0.717, 1.165) is 5.56 Å². The van der Waals surface area contributed by atoms with Crippen LogP contribution in [0.2, 0.25) is 0 Å². The SMILES string of the molecule is O=C(NCCc1ccccc1)c1c(O)cccc1O[C@@H]1O[C@H](CO)[C@@H](O)[C@H](O)[C@H]1O. The summed E-state index contributed by atoms with van der Waals surface area (Å²) in [5.41, 5.74) is 0.871. The second-order valence-corrected chi connectivity index (χ2v) is 6.96. The minimum atomic E-state index is -1.64. The first-order valence-corrected chi connectivity index (χ1v) is 9.53. The van der Waals surface area contributed by atoms with Crippen LogP contribution in [0.25, 0.3) is 0 Å². The van der Waals surface area contributed by atoms with Gasteiger partial charge in [0, 0.05) is 6.54 Å². The molecule has 9 nitrogen and oxygen atoms in total. The maximum Gasteiger partial charge on any atom is 0.258 e. The average Bonchev–Trinajstić information content (AvgIpc) is 2.75. The van der Waals surface area contributed by atoms with E-state index < -0.39 is 43.2 Å². The van der Waals surface area contributed by atoms with Crippen LogP contribution in [0.1, 0.15) is 15.9 Å². The van der Waals surface area contributed by atoms with Gasteiger partial charge in [0.05, 0.1) is 6.61 Å². The van der Waals surface area contributed by atoms with Crippen molar-refractivity contribution in [2.45, 2.75) is 37.1 Å². The van der Waals surface area contributed by atoms with Gasteiger partial charge in [-0.1, -0.05) is 36.4 Å². The largest absolute Gasteiger partial charge is 0.507 e. The van der Waals surface area contributed by atoms with E-state index in [0.29, 0.717) is 13.0 Å². The van der Waals surface area contributed by atoms with Crippen molar-refractivity contribution in [2.24, 2.45) is 0 Å². The molecule has 0 saturated carbocycles. The molecule has 0 unspecified atom stereocenters. The summed E-state index contributed by atoms with van der Waals surface area (Å²) in [5, 5.41) is 52.1. The Hall–Kier alpha value is -2.69. The van der Waals surface area contributed by atoms with Gasteiger partial charge in [0.2, 0.25) is 6.29 Å². The number of aliphatic hydroxyl groups excluding tert-OH is 4. The third-order valence-electron chi connectivity index (χ3n) is 4.86. The lowest BCUT2D eigenvalue weighted by atomic mass is 9.99. The first kappa shape index (κ1) is 22.0. The number of phenols is 1. The van der Waals surface area contributed by atoms with Gasteiger partial charge in [0.25, 0.3) is 5.91 Å². The molecule has 1 aliphatic rings. The van der Waals surface area contributed by atoms with E-state index in [1.807, 2.05) is 30.3 Å². The smallest absolute Gasteiger partial charge is 0.258 e. The van der Waals surface area contributed by atoms with Gasteiger partial charge < -0.3 is 40.3 Å². The number of carbonyl (C=O) groups is 1. The Kier molecular flexibility index (Phi) is 7.24. The molecule has 0 aliphatic carbocycles. The van der Waals surface area contributed by atoms with Crippen LogP contribution in [0, 0.1) is 0 Å². The molecule has 1 aliphatic heterocycles. The van der Waals surface area contributed by atoms with Gasteiger partial charge in [-0.3, -0.25) is 4.79 Å². The maximum atomic E-state index is 12.7. The highest BCUT2D eigenvalue weighted by Gasteiger charge is 2.45. The maximum absolute atomic E-state index is 12.7. The molecule has 0 spiro atoms. The molecule has 3 rings (SSSR count). The first-order valence-electron chi connectivity index (χ1n) is 9.53. The lowest BCUT2D eigenvalue weighted by Crippen LogP contribution is -2.60. The molecule has 1 fully saturated rings. The van der Waals surface area contributed by atoms with Gasteiger partial charge in [0.15, 0.2) is 0 Å². The number of ether oxygens (including phenoxy) is 2. The molecule has 30 heavy (non-hydrogen) atoms. The predicted molar refractivity (Wildman–Crippen MR) is 105 cm³/mol. The van der Waals surface area contributed by atoms with Crippen molar-refractivity contribution in [3.63, 3.8) is 0 Å². The summed E-state index contributed by atoms with van der Waals surface area (Å²) < 4.78 is 10.8. The van der Waals surface area contributed by atoms with Crippen LogP contribution in [0.15, 0.2) is 48.5 Å². The third-order valence-corrected chi connectivity index (χ3v) is 4.86. The molecule has 162 valence electrons. The number of nitrogens with one attached hydrogen (secondary N) is 1. The number of aromatic hydroxyl groups is 1. The van der Waals surface area contributed by atoms with Crippen molar-refractivity contribution in [1.82, 2.24) is 5.32 Å². The van der Waals surface area contributed by atoms with Gasteiger partial charge in [-0.05, 0) is 24.1 Å². The fraction of sp³-hybridized carbons (Fsp3) is 0.381. The van der Waals surface area contributed by atoms with Gasteiger partial charge in [-0.15, -0.1) is 0 Å². The zero-order chi connectivity index (χ0) is 21.7. The monoisotopic (exact) mass is 419 g/mol. The number of rotatable bonds is 7. The van der Waals surface area contributed by atoms with Crippen molar-refractivity contribution >= 4 is 5.91 Å². The van der Waals surface area contributed by atoms with E-state index in [-0.39, 0.29) is 17.1 Å². The summed E-state index contributed by atoms with van der Waals surface area (Å²) in [5.74, 6) is -1.02. The minimum Gasteiger partial charge on any atom is -0.507 e. The molecule has 1 amide bonds. The fourth-order valence-corrected chi connectivity index (χ4v) is 3.19. The summed E-state index contributed by atoms with van der Waals surface area (Å²) in [6.45, 7) is -0.297. The molecule has 0 bridgehead atoms. The van der Waals surface area contributed by atoms with Crippen LogP contribution in [-0.4, -0.2) is 75.3 Å². The third kappa shape index (κ3) is 4.89. The zero-order valence-electron chi connectivity index (χ0n) is 16.1. The molecule has 0 radical (unpaired) electrons. The van der Waals surface area contributed by atoms with Crippen LogP contribution in [0.5, 0.6) is 11.5 Å². The average molecular weight is 419 g/mol. The van der Waals surface area contributed by atoms with Crippen molar-refractivity contribution in [3.8, 4) is 11.5 Å². The van der Waals surface area contributed by atoms with E-state index in [9.17, 15) is 30.3 Å². The van der Waals surface area contributed by atoms with Gasteiger partial charge >= 0.3 is 0 Å². The Labute approximate surface area is 173 Å². The molecule has 2 aromatic carbocycles. The molecule has 2 aromatic rings. The topological polar surface area (TPSA) is 149 Å². The number of hydrogen-bond acceptors (Lipinski definition) is 8. The molecular formula is C21H25NO8.